The quantitative estimate of drug-likeness (QED) is 0.803. The van der Waals surface area contributed by atoms with Crippen LogP contribution in [0.25, 0.3) is 0 Å². The summed E-state index contributed by atoms with van der Waals surface area (Å²) in [5, 5.41) is 11.9. The summed E-state index contributed by atoms with van der Waals surface area (Å²) < 4.78 is 2.66. The first kappa shape index (κ1) is 17.3. The molecule has 0 bridgehead atoms. The van der Waals surface area contributed by atoms with Gasteiger partial charge in [-0.25, -0.2) is 0 Å². The monoisotopic (exact) mass is 378 g/mol. The lowest BCUT2D eigenvalue weighted by Gasteiger charge is -2.19. The van der Waals surface area contributed by atoms with E-state index < -0.39 is 12.0 Å². The largest absolute Gasteiger partial charge is 0.481 e. The van der Waals surface area contributed by atoms with Gasteiger partial charge in [-0.15, -0.1) is 0 Å². The maximum Gasteiger partial charge on any atom is 0.305 e. The predicted octanol–water partition coefficient (Wildman–Crippen LogP) is 3.78. The molecule has 6 heteroatoms. The Labute approximate surface area is 143 Å². The second-order valence-corrected chi connectivity index (χ2v) is 6.49. The molecule has 1 unspecified atom stereocenters. The summed E-state index contributed by atoms with van der Waals surface area (Å²) in [6.45, 7) is 3.96. The van der Waals surface area contributed by atoms with Crippen molar-refractivity contribution in [1.29, 1.82) is 0 Å². The van der Waals surface area contributed by atoms with Gasteiger partial charge in [-0.05, 0) is 41.4 Å². The lowest BCUT2D eigenvalue weighted by atomic mass is 10.0. The number of benzene rings is 1. The van der Waals surface area contributed by atoms with Gasteiger partial charge in [0.1, 0.15) is 5.69 Å². The smallest absolute Gasteiger partial charge is 0.305 e. The molecule has 1 atom stereocenters. The molecule has 1 heterocycles. The summed E-state index contributed by atoms with van der Waals surface area (Å²) in [6, 6.07) is 10.4. The number of nitrogens with one attached hydrogen (secondary N) is 1. The molecule has 0 aliphatic carbocycles. The van der Waals surface area contributed by atoms with Crippen LogP contribution in [0, 0.1) is 0 Å². The minimum absolute atomic E-state index is 0.122. The van der Waals surface area contributed by atoms with Crippen LogP contribution in [0.1, 0.15) is 48.4 Å². The Hall–Kier alpha value is -2.08. The van der Waals surface area contributed by atoms with Crippen LogP contribution in [0.5, 0.6) is 0 Å². The summed E-state index contributed by atoms with van der Waals surface area (Å²) in [5.41, 5.74) is 1.27. The minimum Gasteiger partial charge on any atom is -0.481 e. The Morgan fingerprint density at radius 3 is 2.48 bits per heavy atom. The van der Waals surface area contributed by atoms with E-state index in [-0.39, 0.29) is 18.4 Å². The van der Waals surface area contributed by atoms with Gasteiger partial charge in [0.2, 0.25) is 0 Å². The molecule has 23 heavy (non-hydrogen) atoms. The van der Waals surface area contributed by atoms with Crippen LogP contribution in [0.2, 0.25) is 0 Å². The molecule has 0 fully saturated rings. The van der Waals surface area contributed by atoms with Crippen molar-refractivity contribution in [1.82, 2.24) is 9.88 Å². The molecule has 2 aromatic rings. The van der Waals surface area contributed by atoms with Crippen molar-refractivity contribution < 1.29 is 14.7 Å². The summed E-state index contributed by atoms with van der Waals surface area (Å²) in [6.07, 6.45) is 1.67. The van der Waals surface area contributed by atoms with Crippen LogP contribution in [-0.2, 0) is 4.79 Å². The second-order valence-electron chi connectivity index (χ2n) is 5.58. The highest BCUT2D eigenvalue weighted by atomic mass is 79.9. The maximum absolute atomic E-state index is 12.6. The number of carboxylic acid groups (broad SMARTS) is 1. The molecule has 2 rings (SSSR count). The molecular weight excluding hydrogens is 360 g/mol. The number of amides is 1. The van der Waals surface area contributed by atoms with Crippen molar-refractivity contribution in [3.8, 4) is 0 Å². The summed E-state index contributed by atoms with van der Waals surface area (Å²) in [7, 11) is 0. The Morgan fingerprint density at radius 2 is 1.91 bits per heavy atom. The van der Waals surface area contributed by atoms with E-state index in [9.17, 15) is 9.59 Å². The van der Waals surface area contributed by atoms with Gasteiger partial charge in [0, 0.05) is 16.7 Å². The van der Waals surface area contributed by atoms with E-state index in [1.54, 1.807) is 6.07 Å². The van der Waals surface area contributed by atoms with E-state index in [1.807, 2.05) is 54.9 Å². The number of aromatic nitrogens is 1. The van der Waals surface area contributed by atoms with Gasteiger partial charge in [0.25, 0.3) is 5.91 Å². The van der Waals surface area contributed by atoms with Crippen LogP contribution in [-0.4, -0.2) is 21.6 Å². The molecule has 1 aromatic heterocycles. The fourth-order valence-electron chi connectivity index (χ4n) is 2.40. The van der Waals surface area contributed by atoms with E-state index in [0.29, 0.717) is 5.69 Å². The van der Waals surface area contributed by atoms with E-state index in [2.05, 4.69) is 21.2 Å². The lowest BCUT2D eigenvalue weighted by molar-refractivity contribution is -0.137. The topological polar surface area (TPSA) is 71.3 Å². The first-order valence-electron chi connectivity index (χ1n) is 7.33. The molecule has 1 amide bonds. The Kier molecular flexibility index (Phi) is 5.60. The molecule has 2 N–H and O–H groups in total. The molecule has 0 aliphatic heterocycles. The number of halogens is 1. The summed E-state index contributed by atoms with van der Waals surface area (Å²) in [5.74, 6) is -1.25. The van der Waals surface area contributed by atoms with Gasteiger partial charge in [0.15, 0.2) is 0 Å². The molecule has 122 valence electrons. The van der Waals surface area contributed by atoms with Crippen molar-refractivity contribution in [3.63, 3.8) is 0 Å². The van der Waals surface area contributed by atoms with E-state index in [0.717, 1.165) is 10.0 Å². The number of aliphatic carboxylic acids is 1. The average molecular weight is 379 g/mol. The molecule has 0 radical (unpaired) electrons. The summed E-state index contributed by atoms with van der Waals surface area (Å²) in [4.78, 5) is 23.7. The van der Waals surface area contributed by atoms with Gasteiger partial charge < -0.3 is 15.0 Å². The number of carboxylic acids is 1. The number of carbonyl (C=O) groups excluding carboxylic acids is 1. The van der Waals surface area contributed by atoms with Crippen LogP contribution < -0.4 is 5.32 Å². The van der Waals surface area contributed by atoms with E-state index in [1.165, 1.54) is 0 Å². The van der Waals surface area contributed by atoms with E-state index in [4.69, 9.17) is 5.11 Å². The Balaban J connectivity index is 2.26. The fourth-order valence-corrected chi connectivity index (χ4v) is 2.84. The SMILES string of the molecule is CC(C)n1cc(Br)cc1C(=O)NC(CC(=O)O)c1ccccc1. The van der Waals surface area contributed by atoms with Gasteiger partial charge >= 0.3 is 5.97 Å². The maximum atomic E-state index is 12.6. The lowest BCUT2D eigenvalue weighted by Crippen LogP contribution is -2.31. The molecule has 0 spiro atoms. The van der Waals surface area contributed by atoms with E-state index >= 15 is 0 Å². The van der Waals surface area contributed by atoms with Crippen LogP contribution in [0.15, 0.2) is 47.1 Å². The molecule has 5 nitrogen and oxygen atoms in total. The number of hydrogen-bond donors (Lipinski definition) is 2. The van der Waals surface area contributed by atoms with Gasteiger partial charge in [-0.2, -0.15) is 0 Å². The zero-order chi connectivity index (χ0) is 17.0. The minimum atomic E-state index is -0.959. The number of nitrogens with zero attached hydrogens (tertiary/aromatic N) is 1. The third-order valence-corrected chi connectivity index (χ3v) is 3.92. The van der Waals surface area contributed by atoms with Gasteiger partial charge in [-0.1, -0.05) is 30.3 Å². The van der Waals surface area contributed by atoms with Crippen LogP contribution in [0.4, 0.5) is 0 Å². The zero-order valence-corrected chi connectivity index (χ0v) is 14.6. The molecule has 1 aromatic carbocycles. The molecule has 0 saturated carbocycles. The van der Waals surface area contributed by atoms with Crippen molar-refractivity contribution in [2.24, 2.45) is 0 Å². The molecular formula is C17H19BrN2O3. The average Bonchev–Trinajstić information content (AvgIpc) is 2.89. The van der Waals surface area contributed by atoms with Crippen molar-refractivity contribution in [2.45, 2.75) is 32.4 Å². The highest BCUT2D eigenvalue weighted by Gasteiger charge is 2.21. The summed E-state index contributed by atoms with van der Waals surface area (Å²) >= 11 is 3.38. The van der Waals surface area contributed by atoms with Crippen molar-refractivity contribution in [2.75, 3.05) is 0 Å². The first-order chi connectivity index (χ1) is 10.9. The second kappa shape index (κ2) is 7.46. The fraction of sp³-hybridized carbons (Fsp3) is 0.294. The normalized spacial score (nSPS) is 12.2. The highest BCUT2D eigenvalue weighted by Crippen LogP contribution is 2.22. The number of hydrogen-bond acceptors (Lipinski definition) is 2. The van der Waals surface area contributed by atoms with Crippen LogP contribution >= 0.6 is 15.9 Å². The third-order valence-electron chi connectivity index (χ3n) is 3.49. The molecule has 0 saturated heterocycles. The van der Waals surface area contributed by atoms with Crippen LogP contribution in [0.3, 0.4) is 0 Å². The Morgan fingerprint density at radius 1 is 1.26 bits per heavy atom. The van der Waals surface area contributed by atoms with Crippen molar-refractivity contribution >= 4 is 27.8 Å². The highest BCUT2D eigenvalue weighted by molar-refractivity contribution is 9.10. The van der Waals surface area contributed by atoms with Crippen molar-refractivity contribution in [3.05, 3.63) is 58.3 Å². The standard InChI is InChI=1S/C17H19BrN2O3/c1-11(2)20-10-13(18)8-15(20)17(23)19-14(9-16(21)22)12-6-4-3-5-7-12/h3-8,10-11,14H,9H2,1-2H3,(H,19,23)(H,21,22). The van der Waals surface area contributed by atoms with Gasteiger partial charge in [-0.3, -0.25) is 9.59 Å². The first-order valence-corrected chi connectivity index (χ1v) is 8.12. The third kappa shape index (κ3) is 4.45. The zero-order valence-electron chi connectivity index (χ0n) is 13.0. The Bertz CT molecular complexity index is 695. The number of rotatable bonds is 6. The van der Waals surface area contributed by atoms with Gasteiger partial charge in [0.05, 0.1) is 12.5 Å². The predicted molar refractivity (Wildman–Crippen MR) is 91.4 cm³/mol. The number of carbonyl (C=O) groups is 2. The molecule has 0 aliphatic rings.